The van der Waals surface area contributed by atoms with Gasteiger partial charge in [-0.2, -0.15) is 0 Å². The average molecular weight is 357 g/mol. The van der Waals surface area contributed by atoms with Gasteiger partial charge in [-0.3, -0.25) is 9.59 Å². The van der Waals surface area contributed by atoms with Crippen LogP contribution in [0.3, 0.4) is 0 Å². The van der Waals surface area contributed by atoms with Crippen molar-refractivity contribution in [3.05, 3.63) is 0 Å². The van der Waals surface area contributed by atoms with E-state index in [1.54, 1.807) is 0 Å². The number of amides is 2. The van der Waals surface area contributed by atoms with Crippen LogP contribution in [0.5, 0.6) is 0 Å². The van der Waals surface area contributed by atoms with Crippen molar-refractivity contribution in [1.29, 1.82) is 0 Å². The minimum absolute atomic E-state index is 0.0269. The van der Waals surface area contributed by atoms with Gasteiger partial charge >= 0.3 is 5.97 Å². The summed E-state index contributed by atoms with van der Waals surface area (Å²) >= 11 is 0. The summed E-state index contributed by atoms with van der Waals surface area (Å²) < 4.78 is 0. The van der Waals surface area contributed by atoms with Gasteiger partial charge in [0.15, 0.2) is 0 Å². The van der Waals surface area contributed by atoms with Crippen LogP contribution in [0.1, 0.15) is 91.4 Å². The van der Waals surface area contributed by atoms with Crippen LogP contribution in [0.25, 0.3) is 0 Å². The topological polar surface area (TPSA) is 101 Å². The smallest absolute Gasteiger partial charge is 0.329 e. The Kier molecular flexibility index (Phi) is 11.9. The van der Waals surface area contributed by atoms with E-state index in [-0.39, 0.29) is 18.7 Å². The fourth-order valence-electron chi connectivity index (χ4n) is 3.08. The van der Waals surface area contributed by atoms with E-state index in [9.17, 15) is 19.5 Å². The van der Waals surface area contributed by atoms with Crippen molar-refractivity contribution in [3.63, 3.8) is 0 Å². The summed E-state index contributed by atoms with van der Waals surface area (Å²) in [6.07, 6.45) is 6.62. The zero-order valence-corrected chi connectivity index (χ0v) is 16.2. The van der Waals surface area contributed by atoms with Gasteiger partial charge in [0.2, 0.25) is 11.8 Å². The molecule has 0 saturated carbocycles. The monoisotopic (exact) mass is 356 g/mol. The highest BCUT2D eigenvalue weighted by Crippen LogP contribution is 2.30. The van der Waals surface area contributed by atoms with E-state index in [1.165, 1.54) is 4.90 Å². The molecule has 25 heavy (non-hydrogen) atoms. The molecule has 0 rings (SSSR count). The highest BCUT2D eigenvalue weighted by molar-refractivity contribution is 5.88. The summed E-state index contributed by atoms with van der Waals surface area (Å²) in [6.45, 7) is 6.48. The van der Waals surface area contributed by atoms with Crippen molar-refractivity contribution in [2.45, 2.75) is 96.9 Å². The summed E-state index contributed by atoms with van der Waals surface area (Å²) in [5, 5.41) is 10.0. The van der Waals surface area contributed by atoms with E-state index in [2.05, 4.69) is 6.92 Å². The lowest BCUT2D eigenvalue weighted by Gasteiger charge is -2.41. The third-order valence-corrected chi connectivity index (χ3v) is 4.67. The van der Waals surface area contributed by atoms with E-state index >= 15 is 0 Å². The highest BCUT2D eigenvalue weighted by Gasteiger charge is 2.45. The SMILES string of the molecule is CCCCCC(=O)N(CCCC)C(CCCC)(CCC(N)=O)C(=O)O. The molecule has 0 radical (unpaired) electrons. The van der Waals surface area contributed by atoms with Gasteiger partial charge in [-0.15, -0.1) is 0 Å². The summed E-state index contributed by atoms with van der Waals surface area (Å²) in [7, 11) is 0. The lowest BCUT2D eigenvalue weighted by Crippen LogP contribution is -2.57. The summed E-state index contributed by atoms with van der Waals surface area (Å²) in [5.41, 5.74) is 3.94. The zero-order chi connectivity index (χ0) is 19.3. The summed E-state index contributed by atoms with van der Waals surface area (Å²) in [6, 6.07) is 0. The average Bonchev–Trinajstić information content (AvgIpc) is 2.56. The number of carbonyl (C=O) groups excluding carboxylic acids is 2. The van der Waals surface area contributed by atoms with Gasteiger partial charge in [0.25, 0.3) is 0 Å². The molecular weight excluding hydrogens is 320 g/mol. The molecule has 0 aliphatic carbocycles. The fourth-order valence-corrected chi connectivity index (χ4v) is 3.08. The molecule has 0 saturated heterocycles. The lowest BCUT2D eigenvalue weighted by atomic mass is 9.84. The molecule has 1 unspecified atom stereocenters. The predicted molar refractivity (Wildman–Crippen MR) is 99.1 cm³/mol. The van der Waals surface area contributed by atoms with Crippen LogP contribution in [0.2, 0.25) is 0 Å². The van der Waals surface area contributed by atoms with Crippen molar-refractivity contribution in [2.24, 2.45) is 5.73 Å². The molecule has 0 aliphatic heterocycles. The molecule has 1 atom stereocenters. The molecule has 0 aromatic rings. The van der Waals surface area contributed by atoms with E-state index < -0.39 is 17.4 Å². The van der Waals surface area contributed by atoms with Crippen LogP contribution >= 0.6 is 0 Å². The number of hydrogen-bond acceptors (Lipinski definition) is 3. The Morgan fingerprint density at radius 3 is 1.96 bits per heavy atom. The van der Waals surface area contributed by atoms with E-state index in [0.717, 1.165) is 38.5 Å². The van der Waals surface area contributed by atoms with Crippen molar-refractivity contribution < 1.29 is 19.5 Å². The molecular formula is C19H36N2O4. The quantitative estimate of drug-likeness (QED) is 0.439. The van der Waals surface area contributed by atoms with Crippen molar-refractivity contribution >= 4 is 17.8 Å². The van der Waals surface area contributed by atoms with Crippen LogP contribution in [0.4, 0.5) is 0 Å². The normalized spacial score (nSPS) is 13.2. The van der Waals surface area contributed by atoms with E-state index in [0.29, 0.717) is 25.8 Å². The van der Waals surface area contributed by atoms with Gasteiger partial charge < -0.3 is 15.7 Å². The summed E-state index contributed by atoms with van der Waals surface area (Å²) in [5.74, 6) is -1.68. The van der Waals surface area contributed by atoms with Crippen LogP contribution in [0.15, 0.2) is 0 Å². The Labute approximate surface area is 152 Å². The molecule has 2 amide bonds. The first kappa shape index (κ1) is 23.4. The Balaban J connectivity index is 5.61. The number of aliphatic carboxylic acids is 1. The van der Waals surface area contributed by atoms with Crippen LogP contribution in [-0.2, 0) is 14.4 Å². The lowest BCUT2D eigenvalue weighted by molar-refractivity contribution is -0.161. The maximum Gasteiger partial charge on any atom is 0.329 e. The minimum atomic E-state index is -1.33. The van der Waals surface area contributed by atoms with Gasteiger partial charge in [0.05, 0.1) is 0 Å². The van der Waals surface area contributed by atoms with Gasteiger partial charge in [0.1, 0.15) is 5.54 Å². The number of unbranched alkanes of at least 4 members (excludes halogenated alkanes) is 4. The van der Waals surface area contributed by atoms with Gasteiger partial charge in [-0.25, -0.2) is 4.79 Å². The number of primary amides is 1. The van der Waals surface area contributed by atoms with Crippen molar-refractivity contribution in [1.82, 2.24) is 4.90 Å². The van der Waals surface area contributed by atoms with Gasteiger partial charge in [-0.1, -0.05) is 52.9 Å². The number of rotatable bonds is 15. The number of carbonyl (C=O) groups is 3. The van der Waals surface area contributed by atoms with Crippen molar-refractivity contribution in [3.8, 4) is 0 Å². The number of carboxylic acids is 1. The zero-order valence-electron chi connectivity index (χ0n) is 16.2. The third kappa shape index (κ3) is 7.88. The second kappa shape index (κ2) is 12.7. The molecule has 0 bridgehead atoms. The molecule has 0 spiro atoms. The molecule has 3 N–H and O–H groups in total. The Bertz CT molecular complexity index is 426. The molecule has 0 heterocycles. The maximum atomic E-state index is 12.8. The Morgan fingerprint density at radius 1 is 0.880 bits per heavy atom. The fraction of sp³-hybridized carbons (Fsp3) is 0.842. The first-order valence-corrected chi connectivity index (χ1v) is 9.67. The molecule has 0 aromatic carbocycles. The highest BCUT2D eigenvalue weighted by atomic mass is 16.4. The molecule has 6 nitrogen and oxygen atoms in total. The molecule has 6 heteroatoms. The van der Waals surface area contributed by atoms with Crippen LogP contribution in [0, 0.1) is 0 Å². The molecule has 146 valence electrons. The van der Waals surface area contributed by atoms with Gasteiger partial charge in [-0.05, 0) is 25.7 Å². The molecule has 0 fully saturated rings. The second-order valence-corrected chi connectivity index (χ2v) is 6.76. The Morgan fingerprint density at radius 2 is 1.48 bits per heavy atom. The van der Waals surface area contributed by atoms with Gasteiger partial charge in [0, 0.05) is 19.4 Å². The predicted octanol–water partition coefficient (Wildman–Crippen LogP) is 3.47. The minimum Gasteiger partial charge on any atom is -0.479 e. The Hall–Kier alpha value is -1.59. The second-order valence-electron chi connectivity index (χ2n) is 6.76. The van der Waals surface area contributed by atoms with Crippen LogP contribution < -0.4 is 5.73 Å². The summed E-state index contributed by atoms with van der Waals surface area (Å²) in [4.78, 5) is 37.9. The maximum absolute atomic E-state index is 12.8. The third-order valence-electron chi connectivity index (χ3n) is 4.67. The first-order chi connectivity index (χ1) is 11.9. The van der Waals surface area contributed by atoms with Crippen LogP contribution in [-0.4, -0.2) is 39.9 Å². The first-order valence-electron chi connectivity index (χ1n) is 9.67. The number of hydrogen-bond donors (Lipinski definition) is 2. The standard InChI is InChI=1S/C19H36N2O4/c1-4-7-10-11-17(23)21(15-9-6-3)19(18(24)25,13-8-5-2)14-12-16(20)22/h4-15H2,1-3H3,(H2,20,22)(H,24,25). The molecule has 0 aliphatic rings. The number of nitrogens with zero attached hydrogens (tertiary/aromatic N) is 1. The van der Waals surface area contributed by atoms with E-state index in [4.69, 9.17) is 5.73 Å². The number of nitrogens with two attached hydrogens (primary N) is 1. The largest absolute Gasteiger partial charge is 0.479 e. The van der Waals surface area contributed by atoms with Crippen molar-refractivity contribution in [2.75, 3.05) is 6.54 Å². The number of carboxylic acid groups (broad SMARTS) is 1. The van der Waals surface area contributed by atoms with E-state index in [1.807, 2.05) is 13.8 Å². The molecule has 0 aromatic heterocycles.